The fraction of sp³-hybridized carbons (Fsp3) is 0.125. The van der Waals surface area contributed by atoms with Gasteiger partial charge in [-0.15, -0.1) is 10.2 Å². The van der Waals surface area contributed by atoms with Gasteiger partial charge in [-0.1, -0.05) is 72.4 Å². The minimum Gasteiger partial charge on any atom is -0.478 e. The molecule has 4 aromatic rings. The van der Waals surface area contributed by atoms with Crippen LogP contribution in [0, 0.1) is 6.92 Å². The largest absolute Gasteiger partial charge is 0.478 e. The quantitative estimate of drug-likeness (QED) is 0.423. The average Bonchev–Trinajstić information content (AvgIpc) is 3.15. The minimum atomic E-state index is -0.918. The molecule has 0 atom stereocenters. The zero-order chi connectivity index (χ0) is 20.9. The Morgan fingerprint density at radius 2 is 1.60 bits per heavy atom. The molecule has 0 saturated heterocycles. The Balaban J connectivity index is 1.64. The van der Waals surface area contributed by atoms with Gasteiger partial charge in [0.05, 0.1) is 11.3 Å². The molecule has 0 fully saturated rings. The molecule has 0 radical (unpaired) electrons. The third kappa shape index (κ3) is 4.44. The highest BCUT2D eigenvalue weighted by Crippen LogP contribution is 2.28. The molecule has 1 N–H and O–H groups in total. The zero-order valence-corrected chi connectivity index (χ0v) is 17.3. The van der Waals surface area contributed by atoms with Crippen LogP contribution >= 0.6 is 11.8 Å². The normalized spacial score (nSPS) is 10.8. The van der Waals surface area contributed by atoms with Crippen LogP contribution in [0.15, 0.2) is 84.0 Å². The standard InChI is InChI=1S/C24H21N3O2S/c1-17-7-5-6-10-21(17)27-22(15-18-8-3-2-4-9-18)25-26-24(27)30-16-19-11-13-20(14-12-19)23(28)29/h2-14H,15-16H2,1H3,(H,28,29). The summed E-state index contributed by atoms with van der Waals surface area (Å²) in [5.74, 6) is 0.646. The highest BCUT2D eigenvalue weighted by molar-refractivity contribution is 7.98. The molecular formula is C24H21N3O2S. The fourth-order valence-electron chi connectivity index (χ4n) is 3.23. The first-order chi connectivity index (χ1) is 14.6. The van der Waals surface area contributed by atoms with Gasteiger partial charge in [0.15, 0.2) is 5.16 Å². The van der Waals surface area contributed by atoms with Gasteiger partial charge in [-0.05, 0) is 41.8 Å². The summed E-state index contributed by atoms with van der Waals surface area (Å²) in [6.45, 7) is 2.08. The monoisotopic (exact) mass is 415 g/mol. The molecule has 3 aromatic carbocycles. The van der Waals surface area contributed by atoms with Crippen LogP contribution < -0.4 is 0 Å². The van der Waals surface area contributed by atoms with Crippen LogP contribution in [-0.2, 0) is 12.2 Å². The lowest BCUT2D eigenvalue weighted by Crippen LogP contribution is -2.05. The van der Waals surface area contributed by atoms with Gasteiger partial charge < -0.3 is 5.11 Å². The van der Waals surface area contributed by atoms with Crippen LogP contribution in [0.5, 0.6) is 0 Å². The van der Waals surface area contributed by atoms with Crippen molar-refractivity contribution in [3.05, 3.63) is 107 Å². The molecule has 0 unspecified atom stereocenters. The van der Waals surface area contributed by atoms with Crippen molar-refractivity contribution in [2.24, 2.45) is 0 Å². The van der Waals surface area contributed by atoms with Crippen LogP contribution in [-0.4, -0.2) is 25.8 Å². The number of aromatic nitrogens is 3. The molecule has 6 heteroatoms. The summed E-state index contributed by atoms with van der Waals surface area (Å²) >= 11 is 1.59. The van der Waals surface area contributed by atoms with Crippen LogP contribution in [0.3, 0.4) is 0 Å². The number of carboxylic acids is 1. The topological polar surface area (TPSA) is 68.0 Å². The van der Waals surface area contributed by atoms with E-state index in [0.717, 1.165) is 27.8 Å². The third-order valence-corrected chi connectivity index (χ3v) is 5.83. The number of aryl methyl sites for hydroxylation is 1. The van der Waals surface area contributed by atoms with Crippen molar-refractivity contribution in [3.8, 4) is 5.69 Å². The van der Waals surface area contributed by atoms with E-state index in [-0.39, 0.29) is 5.56 Å². The maximum atomic E-state index is 11.1. The summed E-state index contributed by atoms with van der Waals surface area (Å²) in [6, 6.07) is 25.4. The van der Waals surface area contributed by atoms with Gasteiger partial charge in [-0.3, -0.25) is 4.57 Å². The van der Waals surface area contributed by atoms with Crippen molar-refractivity contribution in [3.63, 3.8) is 0 Å². The molecular weight excluding hydrogens is 394 g/mol. The van der Waals surface area contributed by atoms with Gasteiger partial charge >= 0.3 is 5.97 Å². The Morgan fingerprint density at radius 1 is 0.900 bits per heavy atom. The molecule has 30 heavy (non-hydrogen) atoms. The minimum absolute atomic E-state index is 0.289. The number of benzene rings is 3. The third-order valence-electron chi connectivity index (χ3n) is 4.83. The maximum absolute atomic E-state index is 11.1. The molecule has 4 rings (SSSR count). The Bertz CT molecular complexity index is 1150. The molecule has 0 saturated carbocycles. The number of carbonyl (C=O) groups is 1. The highest BCUT2D eigenvalue weighted by atomic mass is 32.2. The number of para-hydroxylation sites is 1. The van der Waals surface area contributed by atoms with Gasteiger partial charge in [0.1, 0.15) is 5.82 Å². The van der Waals surface area contributed by atoms with Crippen molar-refractivity contribution in [1.29, 1.82) is 0 Å². The van der Waals surface area contributed by atoms with Gasteiger partial charge in [0.25, 0.3) is 0 Å². The lowest BCUT2D eigenvalue weighted by molar-refractivity contribution is 0.0697. The molecule has 0 spiro atoms. The van der Waals surface area contributed by atoms with E-state index in [1.807, 2.05) is 42.5 Å². The number of hydrogen-bond acceptors (Lipinski definition) is 4. The first-order valence-electron chi connectivity index (χ1n) is 9.61. The second-order valence-corrected chi connectivity index (χ2v) is 7.92. The zero-order valence-electron chi connectivity index (χ0n) is 16.5. The summed E-state index contributed by atoms with van der Waals surface area (Å²) in [7, 11) is 0. The van der Waals surface area contributed by atoms with Gasteiger partial charge in [0.2, 0.25) is 0 Å². The van der Waals surface area contributed by atoms with Crippen LogP contribution in [0.2, 0.25) is 0 Å². The van der Waals surface area contributed by atoms with E-state index < -0.39 is 5.97 Å². The number of carboxylic acid groups (broad SMARTS) is 1. The van der Waals surface area contributed by atoms with Gasteiger partial charge in [0, 0.05) is 12.2 Å². The first kappa shape index (κ1) is 19.9. The Labute approximate surface area is 179 Å². The van der Waals surface area contributed by atoms with Crippen LogP contribution in [0.25, 0.3) is 5.69 Å². The van der Waals surface area contributed by atoms with E-state index in [0.29, 0.717) is 12.2 Å². The summed E-state index contributed by atoms with van der Waals surface area (Å²) in [5.41, 5.74) is 4.72. The van der Waals surface area contributed by atoms with Crippen LogP contribution in [0.1, 0.15) is 32.9 Å². The smallest absolute Gasteiger partial charge is 0.335 e. The molecule has 0 aliphatic heterocycles. The van der Waals surface area contributed by atoms with E-state index in [9.17, 15) is 4.79 Å². The second kappa shape index (κ2) is 8.97. The average molecular weight is 416 g/mol. The van der Waals surface area contributed by atoms with E-state index >= 15 is 0 Å². The number of thioether (sulfide) groups is 1. The van der Waals surface area contributed by atoms with Gasteiger partial charge in [-0.2, -0.15) is 0 Å². The van der Waals surface area contributed by atoms with Crippen molar-refractivity contribution >= 4 is 17.7 Å². The Hall–Kier alpha value is -3.38. The molecule has 1 aromatic heterocycles. The molecule has 5 nitrogen and oxygen atoms in total. The SMILES string of the molecule is Cc1ccccc1-n1c(Cc2ccccc2)nnc1SCc1ccc(C(=O)O)cc1. The predicted molar refractivity (Wildman–Crippen MR) is 118 cm³/mol. The first-order valence-corrected chi connectivity index (χ1v) is 10.6. The van der Waals surface area contributed by atoms with Gasteiger partial charge in [-0.25, -0.2) is 4.79 Å². The van der Waals surface area contributed by atoms with E-state index in [1.165, 1.54) is 5.56 Å². The molecule has 0 amide bonds. The van der Waals surface area contributed by atoms with Crippen molar-refractivity contribution < 1.29 is 9.90 Å². The number of rotatable bonds is 7. The van der Waals surface area contributed by atoms with Crippen molar-refractivity contribution in [2.45, 2.75) is 24.3 Å². The lowest BCUT2D eigenvalue weighted by Gasteiger charge is -2.13. The molecule has 0 bridgehead atoms. The molecule has 1 heterocycles. The molecule has 0 aliphatic carbocycles. The van der Waals surface area contributed by atoms with E-state index in [1.54, 1.807) is 23.9 Å². The van der Waals surface area contributed by atoms with Crippen molar-refractivity contribution in [2.75, 3.05) is 0 Å². The molecule has 150 valence electrons. The summed E-state index contributed by atoms with van der Waals surface area (Å²) < 4.78 is 2.12. The predicted octanol–water partition coefficient (Wildman–Crippen LogP) is 5.16. The summed E-state index contributed by atoms with van der Waals surface area (Å²) in [6.07, 6.45) is 0.691. The number of aromatic carboxylic acids is 1. The van der Waals surface area contributed by atoms with Crippen LogP contribution in [0.4, 0.5) is 0 Å². The second-order valence-electron chi connectivity index (χ2n) is 6.97. The van der Waals surface area contributed by atoms with E-state index in [2.05, 4.69) is 46.0 Å². The Morgan fingerprint density at radius 3 is 2.30 bits per heavy atom. The summed E-state index contributed by atoms with van der Waals surface area (Å²) in [4.78, 5) is 11.1. The summed E-state index contributed by atoms with van der Waals surface area (Å²) in [5, 5.41) is 18.9. The van der Waals surface area contributed by atoms with Crippen molar-refractivity contribution in [1.82, 2.24) is 14.8 Å². The maximum Gasteiger partial charge on any atom is 0.335 e. The number of hydrogen-bond donors (Lipinski definition) is 1. The molecule has 0 aliphatic rings. The number of nitrogens with zero attached hydrogens (tertiary/aromatic N) is 3. The fourth-order valence-corrected chi connectivity index (χ4v) is 4.15. The van der Waals surface area contributed by atoms with E-state index in [4.69, 9.17) is 5.11 Å². The Kier molecular flexibility index (Phi) is 5.95. The lowest BCUT2D eigenvalue weighted by atomic mass is 10.1. The highest BCUT2D eigenvalue weighted by Gasteiger charge is 2.16.